The normalized spacial score (nSPS) is 11.3. The first-order valence-electron chi connectivity index (χ1n) is 7.33. The highest BCUT2D eigenvalue weighted by Crippen LogP contribution is 2.40. The molecule has 0 radical (unpaired) electrons. The van der Waals surface area contributed by atoms with E-state index in [4.69, 9.17) is 5.73 Å². The molecule has 0 atom stereocenters. The molecule has 2 aromatic rings. The van der Waals surface area contributed by atoms with Crippen molar-refractivity contribution in [2.24, 2.45) is 5.73 Å². The summed E-state index contributed by atoms with van der Waals surface area (Å²) in [6.07, 6.45) is -3.10. The van der Waals surface area contributed by atoms with Crippen molar-refractivity contribution in [1.82, 2.24) is 4.98 Å². The molecule has 25 heavy (non-hydrogen) atoms. The van der Waals surface area contributed by atoms with Crippen molar-refractivity contribution in [2.75, 3.05) is 0 Å². The first-order valence-corrected chi connectivity index (χ1v) is 7.33. The summed E-state index contributed by atoms with van der Waals surface area (Å²) < 4.78 is 27.1. The topological polar surface area (TPSA) is 140 Å². The molecule has 9 heteroatoms. The predicted octanol–water partition coefficient (Wildman–Crippen LogP) is 1.25. The lowest BCUT2D eigenvalue weighted by molar-refractivity contribution is 0.0679. The quantitative estimate of drug-likeness (QED) is 0.441. The van der Waals surface area contributed by atoms with Gasteiger partial charge in [0.2, 0.25) is 0 Å². The van der Waals surface area contributed by atoms with Crippen molar-refractivity contribution < 1.29 is 34.0 Å². The molecule has 7 N–H and O–H groups in total. The van der Waals surface area contributed by atoms with Crippen LogP contribution in [0.1, 0.15) is 44.9 Å². The third kappa shape index (κ3) is 3.27. The fourth-order valence-corrected chi connectivity index (χ4v) is 2.92. The molecule has 1 aromatic heterocycles. The van der Waals surface area contributed by atoms with Crippen molar-refractivity contribution in [3.05, 3.63) is 45.8 Å². The molecule has 0 aliphatic heterocycles. The lowest BCUT2D eigenvalue weighted by Crippen LogP contribution is -2.06. The molecule has 1 aromatic carbocycles. The molecule has 7 nitrogen and oxygen atoms in total. The number of hydrogen-bond acceptors (Lipinski definition) is 5. The highest BCUT2D eigenvalue weighted by Gasteiger charge is 2.30. The molecule has 0 fully saturated rings. The average molecular weight is 356 g/mol. The van der Waals surface area contributed by atoms with Crippen LogP contribution in [0.2, 0.25) is 0 Å². The molecule has 0 saturated carbocycles. The highest BCUT2D eigenvalue weighted by atomic mass is 19.3. The third-order valence-electron chi connectivity index (χ3n) is 4.04. The van der Waals surface area contributed by atoms with Crippen LogP contribution < -0.4 is 5.73 Å². The Bertz CT molecular complexity index is 789. The minimum Gasteiger partial charge on any atom is -0.477 e. The molecule has 0 spiro atoms. The summed E-state index contributed by atoms with van der Waals surface area (Å²) in [6.45, 7) is -1.78. The van der Waals surface area contributed by atoms with E-state index in [1.54, 1.807) is 0 Å². The smallest absolute Gasteiger partial charge is 0.352 e. The second kappa shape index (κ2) is 7.70. The SMILES string of the molecule is NCc1[nH]c(C(=O)O)c(C(F)F)c1-c1ccc(CO)c(CO)c1CO. The Morgan fingerprint density at radius 3 is 2.20 bits per heavy atom. The minimum absolute atomic E-state index is 0.0723. The number of carbonyl (C=O) groups is 1. The van der Waals surface area contributed by atoms with Crippen LogP contribution in [0.15, 0.2) is 12.1 Å². The van der Waals surface area contributed by atoms with Gasteiger partial charge in [0.15, 0.2) is 0 Å². The van der Waals surface area contributed by atoms with Crippen molar-refractivity contribution in [2.45, 2.75) is 32.8 Å². The van der Waals surface area contributed by atoms with E-state index in [1.807, 2.05) is 0 Å². The number of aromatic amines is 1. The number of aromatic carboxylic acids is 1. The molecule has 0 saturated heterocycles. The number of hydrogen-bond donors (Lipinski definition) is 6. The average Bonchev–Trinajstić information content (AvgIpc) is 3.00. The van der Waals surface area contributed by atoms with Gasteiger partial charge < -0.3 is 31.1 Å². The van der Waals surface area contributed by atoms with Crippen LogP contribution >= 0.6 is 0 Å². The lowest BCUT2D eigenvalue weighted by atomic mass is 9.90. The van der Waals surface area contributed by atoms with Gasteiger partial charge in [0.05, 0.1) is 25.4 Å². The van der Waals surface area contributed by atoms with E-state index in [2.05, 4.69) is 4.98 Å². The van der Waals surface area contributed by atoms with E-state index >= 15 is 0 Å². The van der Waals surface area contributed by atoms with Gasteiger partial charge in [0.1, 0.15) is 5.69 Å². The molecule has 0 amide bonds. The van der Waals surface area contributed by atoms with Crippen LogP contribution in [-0.4, -0.2) is 31.4 Å². The Morgan fingerprint density at radius 1 is 1.12 bits per heavy atom. The summed E-state index contributed by atoms with van der Waals surface area (Å²) in [5.74, 6) is -1.56. The van der Waals surface area contributed by atoms with E-state index in [0.29, 0.717) is 5.56 Å². The molecule has 1 heterocycles. The standard InChI is InChI=1S/C16H18F2N2O5/c17-15(18)13-12(11(3-19)20-14(13)16(24)25)8-2-1-7(4-21)9(5-22)10(8)6-23/h1-2,15,20-23H,3-6,19H2,(H,24,25). The maximum absolute atomic E-state index is 13.6. The number of rotatable bonds is 7. The largest absolute Gasteiger partial charge is 0.477 e. The van der Waals surface area contributed by atoms with Crippen LogP contribution in [0.5, 0.6) is 0 Å². The lowest BCUT2D eigenvalue weighted by Gasteiger charge is -2.17. The number of nitrogens with two attached hydrogens (primary N) is 1. The van der Waals surface area contributed by atoms with Gasteiger partial charge in [0, 0.05) is 17.8 Å². The summed E-state index contributed by atoms with van der Waals surface area (Å²) >= 11 is 0. The minimum atomic E-state index is -3.10. The van der Waals surface area contributed by atoms with E-state index in [-0.39, 0.29) is 34.5 Å². The van der Waals surface area contributed by atoms with Crippen molar-refractivity contribution >= 4 is 5.97 Å². The fraction of sp³-hybridized carbons (Fsp3) is 0.312. The van der Waals surface area contributed by atoms with Crippen LogP contribution in [0, 0.1) is 0 Å². The third-order valence-corrected chi connectivity index (χ3v) is 4.04. The van der Waals surface area contributed by atoms with Gasteiger partial charge in [-0.2, -0.15) is 0 Å². The number of H-pyrrole nitrogens is 1. The van der Waals surface area contributed by atoms with Gasteiger partial charge in [-0.05, 0) is 22.3 Å². The number of aliphatic hydroxyl groups excluding tert-OH is 3. The number of alkyl halides is 2. The summed E-state index contributed by atoms with van der Waals surface area (Å²) in [5.41, 5.74) is 4.90. The Hall–Kier alpha value is -2.33. The Balaban J connectivity index is 2.88. The van der Waals surface area contributed by atoms with Crippen molar-refractivity contribution in [1.29, 1.82) is 0 Å². The molecular formula is C16H18F2N2O5. The van der Waals surface area contributed by atoms with Gasteiger partial charge >= 0.3 is 5.97 Å². The van der Waals surface area contributed by atoms with Gasteiger partial charge in [-0.1, -0.05) is 12.1 Å². The van der Waals surface area contributed by atoms with Gasteiger partial charge in [-0.3, -0.25) is 0 Å². The first-order chi connectivity index (χ1) is 11.9. The Kier molecular flexibility index (Phi) is 5.85. The number of aromatic nitrogens is 1. The second-order valence-corrected chi connectivity index (χ2v) is 5.28. The molecule has 0 unspecified atom stereocenters. The van der Waals surface area contributed by atoms with Crippen molar-refractivity contribution in [3.8, 4) is 11.1 Å². The van der Waals surface area contributed by atoms with Crippen LogP contribution in [0.25, 0.3) is 11.1 Å². The number of carboxylic acid groups (broad SMARTS) is 1. The highest BCUT2D eigenvalue weighted by molar-refractivity contribution is 5.92. The van der Waals surface area contributed by atoms with E-state index in [0.717, 1.165) is 0 Å². The van der Waals surface area contributed by atoms with Gasteiger partial charge in [-0.25, -0.2) is 13.6 Å². The summed E-state index contributed by atoms with van der Waals surface area (Å²) in [5, 5.41) is 37.7. The van der Waals surface area contributed by atoms with Gasteiger partial charge in [-0.15, -0.1) is 0 Å². The number of aliphatic hydroxyl groups is 3. The molecule has 2 rings (SSSR count). The zero-order valence-corrected chi connectivity index (χ0v) is 13.1. The number of benzene rings is 1. The first kappa shape index (κ1) is 19.0. The molecular weight excluding hydrogens is 338 g/mol. The number of carboxylic acids is 1. The Morgan fingerprint density at radius 2 is 1.76 bits per heavy atom. The second-order valence-electron chi connectivity index (χ2n) is 5.28. The summed E-state index contributed by atoms with van der Waals surface area (Å²) in [6, 6.07) is 2.80. The van der Waals surface area contributed by atoms with Crippen LogP contribution in [0.4, 0.5) is 8.78 Å². The molecule has 0 bridgehead atoms. The molecule has 0 aliphatic rings. The summed E-state index contributed by atoms with van der Waals surface area (Å²) in [7, 11) is 0. The maximum Gasteiger partial charge on any atom is 0.352 e. The van der Waals surface area contributed by atoms with E-state index in [1.165, 1.54) is 12.1 Å². The molecule has 136 valence electrons. The zero-order chi connectivity index (χ0) is 18.7. The van der Waals surface area contributed by atoms with E-state index in [9.17, 15) is 34.0 Å². The van der Waals surface area contributed by atoms with Gasteiger partial charge in [0.25, 0.3) is 6.43 Å². The number of nitrogens with one attached hydrogen (secondary N) is 1. The monoisotopic (exact) mass is 356 g/mol. The Labute approximate surface area is 141 Å². The predicted molar refractivity (Wildman–Crippen MR) is 83.8 cm³/mol. The zero-order valence-electron chi connectivity index (χ0n) is 13.1. The fourth-order valence-electron chi connectivity index (χ4n) is 2.92. The van der Waals surface area contributed by atoms with Crippen molar-refractivity contribution in [3.63, 3.8) is 0 Å². The van der Waals surface area contributed by atoms with Crippen LogP contribution in [0.3, 0.4) is 0 Å². The van der Waals surface area contributed by atoms with Crippen LogP contribution in [-0.2, 0) is 26.4 Å². The maximum atomic E-state index is 13.6. The number of halogens is 2. The van der Waals surface area contributed by atoms with E-state index < -0.39 is 43.5 Å². The molecule has 0 aliphatic carbocycles. The summed E-state index contributed by atoms with van der Waals surface area (Å²) in [4.78, 5) is 13.7.